The van der Waals surface area contributed by atoms with Gasteiger partial charge in [-0.05, 0) is 29.1 Å². The first kappa shape index (κ1) is 19.5. The van der Waals surface area contributed by atoms with Gasteiger partial charge in [-0.1, -0.05) is 12.1 Å². The zero-order chi connectivity index (χ0) is 19.1. The number of primary amides is 1. The lowest BCUT2D eigenvalue weighted by molar-refractivity contribution is -0.124. The van der Waals surface area contributed by atoms with E-state index in [1.54, 1.807) is 11.4 Å². The van der Waals surface area contributed by atoms with E-state index in [0.717, 1.165) is 11.3 Å². The minimum Gasteiger partial charge on any atom is -0.378 e. The molecule has 0 aliphatic carbocycles. The number of nitrogens with one attached hydrogen (secondary N) is 2. The molecule has 3 amide bonds. The molecular formula is C18H22N4O3S. The number of carbonyl (C=O) groups excluding carboxylic acids is 3. The Labute approximate surface area is 156 Å². The Bertz CT molecular complexity index is 784. The second-order valence-electron chi connectivity index (χ2n) is 5.91. The van der Waals surface area contributed by atoms with Gasteiger partial charge in [-0.15, -0.1) is 11.3 Å². The minimum atomic E-state index is -0.598. The van der Waals surface area contributed by atoms with Crippen molar-refractivity contribution >= 4 is 39.7 Å². The monoisotopic (exact) mass is 374 g/mol. The Morgan fingerprint density at radius 3 is 2.31 bits per heavy atom. The zero-order valence-electron chi connectivity index (χ0n) is 14.7. The van der Waals surface area contributed by atoms with Gasteiger partial charge < -0.3 is 21.3 Å². The van der Waals surface area contributed by atoms with Gasteiger partial charge in [-0.25, -0.2) is 0 Å². The van der Waals surface area contributed by atoms with Crippen LogP contribution >= 0.6 is 11.3 Å². The van der Waals surface area contributed by atoms with Gasteiger partial charge in [-0.2, -0.15) is 0 Å². The van der Waals surface area contributed by atoms with Gasteiger partial charge in [0.15, 0.2) is 0 Å². The van der Waals surface area contributed by atoms with Crippen molar-refractivity contribution in [2.24, 2.45) is 5.73 Å². The van der Waals surface area contributed by atoms with E-state index in [-0.39, 0.29) is 30.2 Å². The summed E-state index contributed by atoms with van der Waals surface area (Å²) in [5.74, 6) is -1.14. The molecule has 1 aromatic heterocycles. The van der Waals surface area contributed by atoms with Gasteiger partial charge in [0.25, 0.3) is 5.91 Å². The molecule has 0 bridgehead atoms. The lowest BCUT2D eigenvalue weighted by Crippen LogP contribution is -2.24. The lowest BCUT2D eigenvalue weighted by Gasteiger charge is -2.13. The Kier molecular flexibility index (Phi) is 6.74. The number of benzene rings is 1. The Morgan fingerprint density at radius 2 is 1.69 bits per heavy atom. The van der Waals surface area contributed by atoms with Crippen LogP contribution in [0.3, 0.4) is 0 Å². The van der Waals surface area contributed by atoms with Crippen LogP contribution in [-0.4, -0.2) is 31.8 Å². The van der Waals surface area contributed by atoms with Crippen LogP contribution in [0.1, 0.15) is 28.8 Å². The molecule has 138 valence electrons. The van der Waals surface area contributed by atoms with Crippen molar-refractivity contribution in [2.45, 2.75) is 19.4 Å². The average molecular weight is 374 g/mol. The SMILES string of the molecule is CN(C)c1ccc(CNC(=O)CCC(=O)Nc2sccc2C(N)=O)cc1. The van der Waals surface area contributed by atoms with Crippen molar-refractivity contribution in [3.05, 3.63) is 46.8 Å². The van der Waals surface area contributed by atoms with Crippen LogP contribution < -0.4 is 21.3 Å². The molecule has 8 heteroatoms. The highest BCUT2D eigenvalue weighted by molar-refractivity contribution is 7.14. The Hall–Kier alpha value is -2.87. The standard InChI is InChI=1S/C18H22N4O3S/c1-22(2)13-5-3-12(4-6-13)11-20-15(23)7-8-16(24)21-18-14(17(19)25)9-10-26-18/h3-6,9-10H,7-8,11H2,1-2H3,(H2,19,25)(H,20,23)(H,21,24). The molecule has 0 saturated carbocycles. The first-order valence-corrected chi connectivity index (χ1v) is 8.95. The largest absolute Gasteiger partial charge is 0.378 e. The smallest absolute Gasteiger partial charge is 0.251 e. The molecule has 1 heterocycles. The molecule has 0 fully saturated rings. The highest BCUT2D eigenvalue weighted by Gasteiger charge is 2.13. The molecule has 2 aromatic rings. The topological polar surface area (TPSA) is 105 Å². The minimum absolute atomic E-state index is 0.0293. The second kappa shape index (κ2) is 9.00. The summed E-state index contributed by atoms with van der Waals surface area (Å²) in [5, 5.41) is 7.48. The number of rotatable bonds is 8. The molecule has 0 aliphatic heterocycles. The molecule has 0 aliphatic rings. The summed E-state index contributed by atoms with van der Waals surface area (Å²) in [5.41, 5.74) is 7.57. The van der Waals surface area contributed by atoms with Crippen LogP contribution in [0.15, 0.2) is 35.7 Å². The number of hydrogen-bond acceptors (Lipinski definition) is 5. The molecule has 0 saturated heterocycles. The Morgan fingerprint density at radius 1 is 1.04 bits per heavy atom. The maximum absolute atomic E-state index is 11.9. The van der Waals surface area contributed by atoms with Crippen molar-refractivity contribution in [3.63, 3.8) is 0 Å². The number of amides is 3. The fourth-order valence-electron chi connectivity index (χ4n) is 2.22. The van der Waals surface area contributed by atoms with Crippen molar-refractivity contribution in [1.29, 1.82) is 0 Å². The normalized spacial score (nSPS) is 10.2. The van der Waals surface area contributed by atoms with Gasteiger partial charge in [0, 0.05) is 39.2 Å². The molecule has 2 rings (SSSR count). The van der Waals surface area contributed by atoms with E-state index in [2.05, 4.69) is 10.6 Å². The van der Waals surface area contributed by atoms with Crippen LogP contribution in [-0.2, 0) is 16.1 Å². The summed E-state index contributed by atoms with van der Waals surface area (Å²) in [6, 6.07) is 9.41. The Balaban J connectivity index is 1.75. The molecular weight excluding hydrogens is 352 g/mol. The van der Waals surface area contributed by atoms with Gasteiger partial charge >= 0.3 is 0 Å². The van der Waals surface area contributed by atoms with E-state index in [1.807, 2.05) is 43.3 Å². The van der Waals surface area contributed by atoms with Gasteiger partial charge in [0.05, 0.1) is 5.56 Å². The van der Waals surface area contributed by atoms with Crippen molar-refractivity contribution < 1.29 is 14.4 Å². The maximum atomic E-state index is 11.9. The van der Waals surface area contributed by atoms with E-state index in [4.69, 9.17) is 5.73 Å². The number of anilines is 2. The predicted molar refractivity (Wildman–Crippen MR) is 103 cm³/mol. The molecule has 0 radical (unpaired) electrons. The van der Waals surface area contributed by atoms with Crippen molar-refractivity contribution in [3.8, 4) is 0 Å². The number of carbonyl (C=O) groups is 3. The van der Waals surface area contributed by atoms with E-state index < -0.39 is 5.91 Å². The first-order chi connectivity index (χ1) is 12.4. The van der Waals surface area contributed by atoms with Gasteiger partial charge in [0.1, 0.15) is 5.00 Å². The van der Waals surface area contributed by atoms with Crippen molar-refractivity contribution in [1.82, 2.24) is 5.32 Å². The van der Waals surface area contributed by atoms with E-state index in [9.17, 15) is 14.4 Å². The number of thiophene rings is 1. The molecule has 0 spiro atoms. The number of nitrogens with two attached hydrogens (primary N) is 1. The summed E-state index contributed by atoms with van der Waals surface area (Å²) >= 11 is 1.21. The molecule has 0 unspecified atom stereocenters. The van der Waals surface area contributed by atoms with E-state index in [1.165, 1.54) is 11.3 Å². The summed E-state index contributed by atoms with van der Waals surface area (Å²) < 4.78 is 0. The molecule has 26 heavy (non-hydrogen) atoms. The van der Waals surface area contributed by atoms with Crippen LogP contribution in [0, 0.1) is 0 Å². The first-order valence-electron chi connectivity index (χ1n) is 8.07. The quantitative estimate of drug-likeness (QED) is 0.657. The fourth-order valence-corrected chi connectivity index (χ4v) is 3.03. The number of nitrogens with zero attached hydrogens (tertiary/aromatic N) is 1. The maximum Gasteiger partial charge on any atom is 0.251 e. The van der Waals surface area contributed by atoms with Crippen LogP contribution in [0.2, 0.25) is 0 Å². The fraction of sp³-hybridized carbons (Fsp3) is 0.278. The second-order valence-corrected chi connectivity index (χ2v) is 6.83. The lowest BCUT2D eigenvalue weighted by atomic mass is 10.2. The summed E-state index contributed by atoms with van der Waals surface area (Å²) in [4.78, 5) is 37.0. The van der Waals surface area contributed by atoms with Gasteiger partial charge in [0.2, 0.25) is 11.8 Å². The highest BCUT2D eigenvalue weighted by atomic mass is 32.1. The molecule has 7 nitrogen and oxygen atoms in total. The summed E-state index contributed by atoms with van der Waals surface area (Å²) in [7, 11) is 3.93. The predicted octanol–water partition coefficient (Wildman–Crippen LogP) is 1.95. The summed E-state index contributed by atoms with van der Waals surface area (Å²) in [6.07, 6.45) is 0.0976. The molecule has 1 aromatic carbocycles. The average Bonchev–Trinajstić information content (AvgIpc) is 3.06. The third kappa shape index (κ3) is 5.59. The number of hydrogen-bond donors (Lipinski definition) is 3. The van der Waals surface area contributed by atoms with Crippen LogP contribution in [0.25, 0.3) is 0 Å². The van der Waals surface area contributed by atoms with Crippen molar-refractivity contribution in [2.75, 3.05) is 24.3 Å². The van der Waals surface area contributed by atoms with E-state index in [0.29, 0.717) is 11.5 Å². The van der Waals surface area contributed by atoms with E-state index >= 15 is 0 Å². The molecule has 4 N–H and O–H groups in total. The zero-order valence-corrected chi connectivity index (χ0v) is 15.6. The molecule has 0 atom stereocenters. The summed E-state index contributed by atoms with van der Waals surface area (Å²) in [6.45, 7) is 0.408. The van der Waals surface area contributed by atoms with Gasteiger partial charge in [-0.3, -0.25) is 14.4 Å². The third-order valence-electron chi connectivity index (χ3n) is 3.71. The third-order valence-corrected chi connectivity index (χ3v) is 4.54. The van der Waals surface area contributed by atoms with Crippen LogP contribution in [0.5, 0.6) is 0 Å². The van der Waals surface area contributed by atoms with Crippen LogP contribution in [0.4, 0.5) is 10.7 Å². The highest BCUT2D eigenvalue weighted by Crippen LogP contribution is 2.22.